The first-order valence-electron chi connectivity index (χ1n) is 8.26. The summed E-state index contributed by atoms with van der Waals surface area (Å²) in [5, 5.41) is 2.90. The number of carbonyl (C=O) groups is 1. The summed E-state index contributed by atoms with van der Waals surface area (Å²) >= 11 is 0. The average molecular weight is 325 g/mol. The van der Waals surface area contributed by atoms with E-state index in [2.05, 4.69) is 29.0 Å². The quantitative estimate of drug-likeness (QED) is 0.941. The first kappa shape index (κ1) is 16.5. The highest BCUT2D eigenvalue weighted by atomic mass is 16.5. The van der Waals surface area contributed by atoms with Crippen LogP contribution in [0, 0.1) is 6.92 Å². The second kappa shape index (κ2) is 7.01. The predicted molar refractivity (Wildman–Crippen MR) is 95.6 cm³/mol. The van der Waals surface area contributed by atoms with Gasteiger partial charge in [-0.15, -0.1) is 0 Å². The molecule has 24 heavy (non-hydrogen) atoms. The van der Waals surface area contributed by atoms with Gasteiger partial charge in [0.2, 0.25) is 0 Å². The molecule has 0 aliphatic carbocycles. The fourth-order valence-electron chi connectivity index (χ4n) is 3.04. The third-order valence-electron chi connectivity index (χ3n) is 4.14. The standard InChI is InChI=1S/C19H23N3O2/c1-13-6-4-5-7-17(13)19(23)21-16-8-9-18(20-10-16)22-11-14(2)24-15(3)12-22/h4-10,14-15H,11-12H2,1-3H3,(H,21,23)/t14-,15+. The number of aryl methyl sites for hydroxylation is 1. The Bertz CT molecular complexity index is 705. The molecule has 0 radical (unpaired) electrons. The van der Waals surface area contributed by atoms with Gasteiger partial charge in [0.1, 0.15) is 5.82 Å². The lowest BCUT2D eigenvalue weighted by molar-refractivity contribution is -0.00545. The summed E-state index contributed by atoms with van der Waals surface area (Å²) in [5.74, 6) is 0.794. The second-order valence-corrected chi connectivity index (χ2v) is 6.34. The summed E-state index contributed by atoms with van der Waals surface area (Å²) < 4.78 is 5.75. The summed E-state index contributed by atoms with van der Waals surface area (Å²) in [7, 11) is 0. The summed E-state index contributed by atoms with van der Waals surface area (Å²) in [5.41, 5.74) is 2.33. The molecule has 0 saturated carbocycles. The molecular weight excluding hydrogens is 302 g/mol. The van der Waals surface area contributed by atoms with Crippen LogP contribution < -0.4 is 10.2 Å². The molecule has 0 bridgehead atoms. The molecule has 5 nitrogen and oxygen atoms in total. The van der Waals surface area contributed by atoms with Gasteiger partial charge in [-0.2, -0.15) is 0 Å². The smallest absolute Gasteiger partial charge is 0.255 e. The predicted octanol–water partition coefficient (Wildman–Crippen LogP) is 3.26. The molecule has 1 fully saturated rings. The molecule has 1 aromatic heterocycles. The number of hydrogen-bond donors (Lipinski definition) is 1. The summed E-state index contributed by atoms with van der Waals surface area (Å²) in [6, 6.07) is 11.4. The van der Waals surface area contributed by atoms with Crippen molar-refractivity contribution in [2.45, 2.75) is 33.0 Å². The van der Waals surface area contributed by atoms with Crippen molar-refractivity contribution in [2.24, 2.45) is 0 Å². The van der Waals surface area contributed by atoms with E-state index in [0.29, 0.717) is 11.3 Å². The van der Waals surface area contributed by atoms with Crippen molar-refractivity contribution < 1.29 is 9.53 Å². The Morgan fingerprint density at radius 3 is 2.50 bits per heavy atom. The maximum atomic E-state index is 12.3. The molecular formula is C19H23N3O2. The number of morpholine rings is 1. The first-order chi connectivity index (χ1) is 11.5. The van der Waals surface area contributed by atoms with Gasteiger partial charge < -0.3 is 15.0 Å². The van der Waals surface area contributed by atoms with Crippen LogP contribution in [0.3, 0.4) is 0 Å². The van der Waals surface area contributed by atoms with Crippen molar-refractivity contribution in [3.8, 4) is 0 Å². The van der Waals surface area contributed by atoms with E-state index in [9.17, 15) is 4.79 Å². The Hall–Kier alpha value is -2.40. The van der Waals surface area contributed by atoms with E-state index in [1.54, 1.807) is 6.20 Å². The number of carbonyl (C=O) groups excluding carboxylic acids is 1. The zero-order valence-electron chi connectivity index (χ0n) is 14.3. The zero-order chi connectivity index (χ0) is 17.1. The Morgan fingerprint density at radius 1 is 1.17 bits per heavy atom. The normalized spacial score (nSPS) is 20.7. The van der Waals surface area contributed by atoms with Crippen LogP contribution in [-0.4, -0.2) is 36.2 Å². The van der Waals surface area contributed by atoms with Crippen LogP contribution in [0.25, 0.3) is 0 Å². The van der Waals surface area contributed by atoms with Gasteiger partial charge in [0.15, 0.2) is 0 Å². The highest BCUT2D eigenvalue weighted by Crippen LogP contribution is 2.20. The molecule has 1 saturated heterocycles. The summed E-state index contributed by atoms with van der Waals surface area (Å²) in [6.07, 6.45) is 2.09. The van der Waals surface area contributed by atoms with Crippen molar-refractivity contribution in [1.82, 2.24) is 4.98 Å². The molecule has 1 N–H and O–H groups in total. The van der Waals surface area contributed by atoms with Crippen molar-refractivity contribution in [3.05, 3.63) is 53.7 Å². The molecule has 5 heteroatoms. The molecule has 0 unspecified atom stereocenters. The Labute approximate surface area is 142 Å². The number of hydrogen-bond acceptors (Lipinski definition) is 4. The molecule has 1 aliphatic heterocycles. The number of amides is 1. The maximum Gasteiger partial charge on any atom is 0.255 e. The molecule has 1 aliphatic rings. The minimum atomic E-state index is -0.115. The highest BCUT2D eigenvalue weighted by Gasteiger charge is 2.23. The molecule has 126 valence electrons. The van der Waals surface area contributed by atoms with Gasteiger partial charge in [-0.3, -0.25) is 4.79 Å². The van der Waals surface area contributed by atoms with Crippen molar-refractivity contribution >= 4 is 17.4 Å². The average Bonchev–Trinajstić information content (AvgIpc) is 2.55. The lowest BCUT2D eigenvalue weighted by atomic mass is 10.1. The van der Waals surface area contributed by atoms with Gasteiger partial charge in [-0.25, -0.2) is 4.98 Å². The topological polar surface area (TPSA) is 54.5 Å². The number of benzene rings is 1. The molecule has 3 rings (SSSR count). The summed E-state index contributed by atoms with van der Waals surface area (Å²) in [4.78, 5) is 19.1. The van der Waals surface area contributed by atoms with E-state index >= 15 is 0 Å². The highest BCUT2D eigenvalue weighted by molar-refractivity contribution is 6.05. The number of anilines is 2. The molecule has 0 spiro atoms. The van der Waals surface area contributed by atoms with Crippen LogP contribution in [0.2, 0.25) is 0 Å². The summed E-state index contributed by atoms with van der Waals surface area (Å²) in [6.45, 7) is 7.72. The van der Waals surface area contributed by atoms with Crippen LogP contribution in [0.15, 0.2) is 42.6 Å². The molecule has 2 atom stereocenters. The van der Waals surface area contributed by atoms with Crippen molar-refractivity contribution in [1.29, 1.82) is 0 Å². The SMILES string of the molecule is Cc1ccccc1C(=O)Nc1ccc(N2C[C@@H](C)O[C@@H](C)C2)nc1. The van der Waals surface area contributed by atoms with Gasteiger partial charge in [-0.05, 0) is 44.5 Å². The van der Waals surface area contributed by atoms with Gasteiger partial charge >= 0.3 is 0 Å². The number of rotatable bonds is 3. The number of pyridine rings is 1. The van der Waals surface area contributed by atoms with E-state index in [0.717, 1.165) is 24.5 Å². The number of aromatic nitrogens is 1. The number of ether oxygens (including phenoxy) is 1. The fourth-order valence-corrected chi connectivity index (χ4v) is 3.04. The van der Waals surface area contributed by atoms with E-state index < -0.39 is 0 Å². The van der Waals surface area contributed by atoms with Gasteiger partial charge in [0.05, 0.1) is 24.1 Å². The second-order valence-electron chi connectivity index (χ2n) is 6.34. The Morgan fingerprint density at radius 2 is 1.88 bits per heavy atom. The van der Waals surface area contributed by atoms with Crippen LogP contribution in [0.5, 0.6) is 0 Å². The lowest BCUT2D eigenvalue weighted by Gasteiger charge is -2.36. The van der Waals surface area contributed by atoms with Crippen molar-refractivity contribution in [2.75, 3.05) is 23.3 Å². The molecule has 1 amide bonds. The molecule has 2 heterocycles. The van der Waals surface area contributed by atoms with Crippen molar-refractivity contribution in [3.63, 3.8) is 0 Å². The third-order valence-corrected chi connectivity index (χ3v) is 4.14. The van der Waals surface area contributed by atoms with Gasteiger partial charge in [0, 0.05) is 18.7 Å². The van der Waals surface area contributed by atoms with E-state index in [4.69, 9.17) is 4.74 Å². The van der Waals surface area contributed by atoms with Gasteiger partial charge in [-0.1, -0.05) is 18.2 Å². The lowest BCUT2D eigenvalue weighted by Crippen LogP contribution is -2.45. The monoisotopic (exact) mass is 325 g/mol. The van der Waals surface area contributed by atoms with E-state index in [-0.39, 0.29) is 18.1 Å². The third kappa shape index (κ3) is 3.74. The van der Waals surface area contributed by atoms with Crippen LogP contribution in [0.1, 0.15) is 29.8 Å². The Balaban J connectivity index is 1.69. The number of nitrogens with zero attached hydrogens (tertiary/aromatic N) is 2. The first-order valence-corrected chi connectivity index (χ1v) is 8.26. The molecule has 2 aromatic rings. The van der Waals surface area contributed by atoms with Gasteiger partial charge in [0.25, 0.3) is 5.91 Å². The Kier molecular flexibility index (Phi) is 4.81. The van der Waals surface area contributed by atoms with Crippen LogP contribution in [0.4, 0.5) is 11.5 Å². The van der Waals surface area contributed by atoms with E-state index in [1.807, 2.05) is 43.3 Å². The van der Waals surface area contributed by atoms with Crippen LogP contribution in [-0.2, 0) is 4.74 Å². The minimum Gasteiger partial charge on any atom is -0.372 e. The van der Waals surface area contributed by atoms with Crippen LogP contribution >= 0.6 is 0 Å². The van der Waals surface area contributed by atoms with E-state index in [1.165, 1.54) is 0 Å². The maximum absolute atomic E-state index is 12.3. The minimum absolute atomic E-state index is 0.115. The zero-order valence-corrected chi connectivity index (χ0v) is 14.3. The fraction of sp³-hybridized carbons (Fsp3) is 0.368. The molecule has 1 aromatic carbocycles. The largest absolute Gasteiger partial charge is 0.372 e. The number of nitrogens with one attached hydrogen (secondary N) is 1.